The number of nitrogens with one attached hydrogen (secondary N) is 1. The molecule has 190 valence electrons. The molecule has 4 N–H and O–H groups in total. The molecule has 4 rings (SSSR count). The molecule has 2 heterocycles. The Bertz CT molecular complexity index is 1200. The molecule has 1 aromatic heterocycles. The smallest absolute Gasteiger partial charge is 0.336 e. The summed E-state index contributed by atoms with van der Waals surface area (Å²) in [6.07, 6.45) is 6.98. The number of carbonyl (C=O) groups is 2. The molecule has 1 atom stereocenters. The Hall–Kier alpha value is -3.99. The topological polar surface area (TPSA) is 163 Å². The van der Waals surface area contributed by atoms with E-state index in [4.69, 9.17) is 19.9 Å². The van der Waals surface area contributed by atoms with Gasteiger partial charge in [0.15, 0.2) is 17.3 Å². The van der Waals surface area contributed by atoms with Crippen LogP contribution >= 0.6 is 0 Å². The lowest BCUT2D eigenvalue weighted by Gasteiger charge is -2.33. The summed E-state index contributed by atoms with van der Waals surface area (Å²) in [5.74, 6) is -1.14. The number of fused-ring (bicyclic) bond motifs is 1. The molecule has 2 aromatic carbocycles. The molecule has 0 spiro atoms. The van der Waals surface area contributed by atoms with E-state index in [9.17, 15) is 14.7 Å². The van der Waals surface area contributed by atoms with E-state index in [1.807, 2.05) is 0 Å². The van der Waals surface area contributed by atoms with Gasteiger partial charge in [-0.25, -0.2) is 4.79 Å². The van der Waals surface area contributed by atoms with Gasteiger partial charge in [0.2, 0.25) is 5.82 Å². The summed E-state index contributed by atoms with van der Waals surface area (Å²) >= 11 is 0. The number of rotatable bonds is 12. The first-order valence-corrected chi connectivity index (χ1v) is 12.0. The molecule has 0 saturated heterocycles. The number of carboxylic acids is 1. The molecular weight excluding hydrogens is 466 g/mol. The summed E-state index contributed by atoms with van der Waals surface area (Å²) in [5.41, 5.74) is 4.44. The number of hydrogen-bond acceptors (Lipinski definition) is 9. The predicted octanol–water partition coefficient (Wildman–Crippen LogP) is 3.45. The van der Waals surface area contributed by atoms with E-state index >= 15 is 0 Å². The minimum absolute atomic E-state index is 0.000794. The Morgan fingerprint density at radius 3 is 2.56 bits per heavy atom. The van der Waals surface area contributed by atoms with Crippen molar-refractivity contribution in [2.45, 2.75) is 51.2 Å². The van der Waals surface area contributed by atoms with E-state index < -0.39 is 17.5 Å². The van der Waals surface area contributed by atoms with E-state index in [0.717, 1.165) is 12.8 Å². The average molecular weight is 496 g/mol. The van der Waals surface area contributed by atoms with Crippen molar-refractivity contribution in [1.82, 2.24) is 20.6 Å². The van der Waals surface area contributed by atoms with Gasteiger partial charge in [-0.2, -0.15) is 5.21 Å². The third kappa shape index (κ3) is 5.46. The van der Waals surface area contributed by atoms with Crippen molar-refractivity contribution in [3.63, 3.8) is 0 Å². The van der Waals surface area contributed by atoms with Crippen molar-refractivity contribution in [3.05, 3.63) is 58.9 Å². The molecule has 11 nitrogen and oxygen atoms in total. The summed E-state index contributed by atoms with van der Waals surface area (Å²) in [7, 11) is 0. The molecule has 11 heteroatoms. The fraction of sp³-hybridized carbons (Fsp3) is 0.400. The minimum atomic E-state index is -1.67. The second-order valence-corrected chi connectivity index (χ2v) is 8.61. The van der Waals surface area contributed by atoms with Crippen molar-refractivity contribution in [3.8, 4) is 17.2 Å². The highest BCUT2D eigenvalue weighted by Crippen LogP contribution is 2.42. The van der Waals surface area contributed by atoms with Gasteiger partial charge in [0, 0.05) is 5.56 Å². The second-order valence-electron chi connectivity index (χ2n) is 8.61. The summed E-state index contributed by atoms with van der Waals surface area (Å²) in [6, 6.07) is 9.26. The summed E-state index contributed by atoms with van der Waals surface area (Å²) in [4.78, 5) is 25.5. The molecule has 0 aliphatic carbocycles. The number of carboxylic acid groups (broad SMARTS) is 1. The maximum Gasteiger partial charge on any atom is 0.336 e. The fourth-order valence-electron chi connectivity index (χ4n) is 3.95. The van der Waals surface area contributed by atoms with Crippen molar-refractivity contribution in [2.75, 3.05) is 13.2 Å². The average Bonchev–Trinajstić information content (AvgIpc) is 3.43. The maximum absolute atomic E-state index is 13.5. The van der Waals surface area contributed by atoms with Crippen molar-refractivity contribution in [1.29, 1.82) is 0 Å². The van der Waals surface area contributed by atoms with Gasteiger partial charge < -0.3 is 19.3 Å². The van der Waals surface area contributed by atoms with Crippen molar-refractivity contribution in [2.24, 2.45) is 5.73 Å². The van der Waals surface area contributed by atoms with E-state index in [1.54, 1.807) is 24.3 Å². The highest BCUT2D eigenvalue weighted by atomic mass is 16.6. The molecule has 36 heavy (non-hydrogen) atoms. The van der Waals surface area contributed by atoms with Crippen LogP contribution < -0.4 is 19.9 Å². The number of nitrogens with two attached hydrogens (primary N) is 1. The summed E-state index contributed by atoms with van der Waals surface area (Å²) < 4.78 is 17.4. The molecule has 0 saturated carbocycles. The van der Waals surface area contributed by atoms with Gasteiger partial charge in [0.1, 0.15) is 12.4 Å². The predicted molar refractivity (Wildman–Crippen MR) is 128 cm³/mol. The number of aromatic nitrogens is 4. The van der Waals surface area contributed by atoms with Gasteiger partial charge in [-0.15, -0.1) is 10.2 Å². The molecule has 3 aromatic rings. The number of hydrogen-bond donors (Lipinski definition) is 3. The Kier molecular flexibility index (Phi) is 7.79. The quantitative estimate of drug-likeness (QED) is 0.250. The monoisotopic (exact) mass is 495 g/mol. The Morgan fingerprint density at radius 1 is 1.11 bits per heavy atom. The number of tetrazole rings is 1. The van der Waals surface area contributed by atoms with Crippen LogP contribution in [0.4, 0.5) is 0 Å². The van der Waals surface area contributed by atoms with Crippen LogP contribution in [0.15, 0.2) is 36.4 Å². The van der Waals surface area contributed by atoms with E-state index in [0.29, 0.717) is 12.4 Å². The molecule has 1 aliphatic rings. The van der Waals surface area contributed by atoms with Crippen LogP contribution in [-0.4, -0.2) is 50.7 Å². The van der Waals surface area contributed by atoms with Gasteiger partial charge in [0.05, 0.1) is 17.7 Å². The fourth-order valence-corrected chi connectivity index (χ4v) is 3.95. The minimum Gasteiger partial charge on any atom is -0.494 e. The van der Waals surface area contributed by atoms with Crippen molar-refractivity contribution < 1.29 is 28.9 Å². The standard InChI is InChI=1S/C25H29N5O6/c1-2-3-4-5-6-7-14-34-17-10-8-16(9-11-17)21(31)20-18(23(32)33)12-13-19-22(20)36-25(26,15-35-19)24-27-29-30-28-24/h8-13H,2-7,14-15,26H2,1H3,(H,32,33)(H,27,28,29,30). The van der Waals surface area contributed by atoms with E-state index in [2.05, 4.69) is 27.5 Å². The SMILES string of the molecule is CCCCCCCCOc1ccc(C(=O)c2c(C(=O)O)ccc3c2OC(N)(c2nn[nH]n2)CO3)cc1. The second kappa shape index (κ2) is 11.2. The van der Waals surface area contributed by atoms with Crippen LogP contribution in [0.5, 0.6) is 17.2 Å². The number of unbranched alkanes of at least 4 members (excludes halogenated alkanes) is 5. The third-order valence-corrected chi connectivity index (χ3v) is 5.91. The lowest BCUT2D eigenvalue weighted by molar-refractivity contribution is -0.0155. The van der Waals surface area contributed by atoms with Gasteiger partial charge in [-0.1, -0.05) is 39.0 Å². The Balaban J connectivity index is 1.53. The van der Waals surface area contributed by atoms with Gasteiger partial charge in [0.25, 0.3) is 5.72 Å². The number of benzene rings is 2. The number of aromatic carboxylic acids is 1. The summed E-state index contributed by atoms with van der Waals surface area (Å²) in [6.45, 7) is 2.62. The van der Waals surface area contributed by atoms with Gasteiger partial charge in [-0.05, 0) is 48.0 Å². The normalized spacial score (nSPS) is 16.5. The zero-order chi connectivity index (χ0) is 25.5. The van der Waals surface area contributed by atoms with Gasteiger partial charge in [-0.3, -0.25) is 10.5 Å². The number of ether oxygens (including phenoxy) is 3. The van der Waals surface area contributed by atoms with Crippen LogP contribution in [0, 0.1) is 0 Å². The van der Waals surface area contributed by atoms with Gasteiger partial charge >= 0.3 is 5.97 Å². The molecular formula is C25H29N5O6. The molecule has 0 amide bonds. The first-order chi connectivity index (χ1) is 17.4. The molecule has 0 fully saturated rings. The van der Waals surface area contributed by atoms with Crippen molar-refractivity contribution >= 4 is 11.8 Å². The number of H-pyrrole nitrogens is 1. The maximum atomic E-state index is 13.5. The zero-order valence-electron chi connectivity index (χ0n) is 20.0. The summed E-state index contributed by atoms with van der Waals surface area (Å²) in [5, 5.41) is 23.2. The van der Waals surface area contributed by atoms with Crippen LogP contribution in [0.1, 0.15) is 77.6 Å². The molecule has 1 unspecified atom stereocenters. The zero-order valence-corrected chi connectivity index (χ0v) is 20.0. The van der Waals surface area contributed by atoms with E-state index in [1.165, 1.54) is 37.8 Å². The Morgan fingerprint density at radius 2 is 1.86 bits per heavy atom. The number of ketones is 1. The molecule has 0 bridgehead atoms. The van der Waals surface area contributed by atoms with Crippen LogP contribution in [0.2, 0.25) is 0 Å². The number of nitrogens with zero attached hydrogens (tertiary/aromatic N) is 3. The first-order valence-electron chi connectivity index (χ1n) is 12.0. The van der Waals surface area contributed by atoms with Crippen LogP contribution in [-0.2, 0) is 5.72 Å². The first kappa shape index (κ1) is 25.1. The highest BCUT2D eigenvalue weighted by Gasteiger charge is 2.42. The van der Waals surface area contributed by atoms with E-state index in [-0.39, 0.29) is 40.6 Å². The van der Waals surface area contributed by atoms with Crippen LogP contribution in [0.3, 0.4) is 0 Å². The number of aromatic amines is 1. The van der Waals surface area contributed by atoms with Crippen LogP contribution in [0.25, 0.3) is 0 Å². The lowest BCUT2D eigenvalue weighted by Crippen LogP contribution is -2.51. The highest BCUT2D eigenvalue weighted by molar-refractivity contribution is 6.16. The largest absolute Gasteiger partial charge is 0.494 e. The molecule has 0 radical (unpaired) electrons. The Labute approximate surface area is 207 Å². The lowest BCUT2D eigenvalue weighted by atomic mass is 9.96. The number of carbonyl (C=O) groups excluding carboxylic acids is 1. The molecule has 1 aliphatic heterocycles. The third-order valence-electron chi connectivity index (χ3n) is 5.91.